The molecule has 0 aromatic carbocycles. The van der Waals surface area contributed by atoms with Crippen LogP contribution in [0, 0.1) is 0 Å². The minimum absolute atomic E-state index is 0.125. The molecule has 3 heteroatoms. The van der Waals surface area contributed by atoms with Gasteiger partial charge in [0.05, 0.1) is 6.10 Å². The van der Waals surface area contributed by atoms with E-state index in [1.165, 1.54) is 13.8 Å². The largest absolute Gasteiger partial charge is 0.383 e. The van der Waals surface area contributed by atoms with Gasteiger partial charge in [0.25, 0.3) is 0 Å². The maximum Gasteiger partial charge on any atom is 0.163 e. The first kappa shape index (κ1) is 12.6. The number of carbonyl (C=O) groups is 1. The molecule has 0 radical (unpaired) electrons. The summed E-state index contributed by atoms with van der Waals surface area (Å²) in [5.74, 6) is -0.125. The summed E-state index contributed by atoms with van der Waals surface area (Å²) in [5, 5.41) is 9.30. The van der Waals surface area contributed by atoms with Gasteiger partial charge in [-0.15, -0.1) is 0 Å². The minimum atomic E-state index is -1.20. The molecule has 0 saturated carbocycles. The highest BCUT2D eigenvalue weighted by molar-refractivity contribution is 5.86. The summed E-state index contributed by atoms with van der Waals surface area (Å²) in [5.41, 5.74) is -1.20. The standard InChI is InChI=1S/C10H20O3/c1-8(2)13-7-5-6-9(11)10(3,4)12/h8,12H,5-7H2,1-4H3. The Morgan fingerprint density at radius 2 is 2.00 bits per heavy atom. The second kappa shape index (κ2) is 5.35. The van der Waals surface area contributed by atoms with Crippen molar-refractivity contribution in [3.8, 4) is 0 Å². The molecule has 0 fully saturated rings. The van der Waals surface area contributed by atoms with Crippen LogP contribution in [0.1, 0.15) is 40.5 Å². The van der Waals surface area contributed by atoms with Crippen molar-refractivity contribution in [2.24, 2.45) is 0 Å². The Bertz CT molecular complexity index is 156. The van der Waals surface area contributed by atoms with Crippen molar-refractivity contribution in [1.29, 1.82) is 0 Å². The number of aliphatic hydroxyl groups is 1. The summed E-state index contributed by atoms with van der Waals surface area (Å²) >= 11 is 0. The first-order valence-electron chi connectivity index (χ1n) is 4.71. The number of ketones is 1. The van der Waals surface area contributed by atoms with Crippen molar-refractivity contribution in [2.45, 2.75) is 52.2 Å². The van der Waals surface area contributed by atoms with Crippen LogP contribution in [-0.2, 0) is 9.53 Å². The fourth-order valence-electron chi connectivity index (χ4n) is 0.858. The van der Waals surface area contributed by atoms with Crippen molar-refractivity contribution in [3.63, 3.8) is 0 Å². The Labute approximate surface area is 80.1 Å². The molecule has 0 amide bonds. The van der Waals surface area contributed by atoms with Gasteiger partial charge < -0.3 is 9.84 Å². The monoisotopic (exact) mass is 188 g/mol. The van der Waals surface area contributed by atoms with E-state index in [1.54, 1.807) is 0 Å². The van der Waals surface area contributed by atoms with E-state index in [4.69, 9.17) is 4.74 Å². The number of rotatable bonds is 6. The lowest BCUT2D eigenvalue weighted by Gasteiger charge is -2.15. The van der Waals surface area contributed by atoms with Crippen LogP contribution in [0.4, 0.5) is 0 Å². The number of hydrogen-bond donors (Lipinski definition) is 1. The highest BCUT2D eigenvalue weighted by atomic mass is 16.5. The second-order valence-electron chi connectivity index (χ2n) is 4.01. The lowest BCUT2D eigenvalue weighted by molar-refractivity contribution is -0.134. The number of Topliss-reactive ketones (excluding diaryl/α,β-unsaturated/α-hetero) is 1. The topological polar surface area (TPSA) is 46.5 Å². The molecular weight excluding hydrogens is 168 g/mol. The average molecular weight is 188 g/mol. The Hall–Kier alpha value is -0.410. The first-order valence-corrected chi connectivity index (χ1v) is 4.71. The maximum absolute atomic E-state index is 11.2. The third-order valence-electron chi connectivity index (χ3n) is 1.68. The van der Waals surface area contributed by atoms with E-state index in [0.29, 0.717) is 19.4 Å². The zero-order valence-corrected chi connectivity index (χ0v) is 8.96. The summed E-state index contributed by atoms with van der Waals surface area (Å²) in [6, 6.07) is 0. The molecule has 0 saturated heterocycles. The summed E-state index contributed by atoms with van der Waals surface area (Å²) in [6.45, 7) is 7.52. The van der Waals surface area contributed by atoms with E-state index in [-0.39, 0.29) is 11.9 Å². The van der Waals surface area contributed by atoms with Crippen LogP contribution in [-0.4, -0.2) is 29.2 Å². The fraction of sp³-hybridized carbons (Fsp3) is 0.900. The average Bonchev–Trinajstić information content (AvgIpc) is 1.95. The molecule has 0 aliphatic carbocycles. The predicted octanol–water partition coefficient (Wildman–Crippen LogP) is 1.53. The molecular formula is C10H20O3. The van der Waals surface area contributed by atoms with Crippen LogP contribution >= 0.6 is 0 Å². The highest BCUT2D eigenvalue weighted by Gasteiger charge is 2.22. The quantitative estimate of drug-likeness (QED) is 0.643. The van der Waals surface area contributed by atoms with Gasteiger partial charge in [0, 0.05) is 13.0 Å². The van der Waals surface area contributed by atoms with Crippen molar-refractivity contribution in [1.82, 2.24) is 0 Å². The summed E-state index contributed by atoms with van der Waals surface area (Å²) < 4.78 is 5.27. The van der Waals surface area contributed by atoms with Crippen molar-refractivity contribution >= 4 is 5.78 Å². The zero-order chi connectivity index (χ0) is 10.5. The van der Waals surface area contributed by atoms with Crippen molar-refractivity contribution < 1.29 is 14.6 Å². The third kappa shape index (κ3) is 6.72. The molecule has 0 aliphatic rings. The number of carbonyl (C=O) groups excluding carboxylic acids is 1. The predicted molar refractivity (Wildman–Crippen MR) is 51.6 cm³/mol. The molecule has 78 valence electrons. The van der Waals surface area contributed by atoms with Gasteiger partial charge in [0.2, 0.25) is 0 Å². The zero-order valence-electron chi connectivity index (χ0n) is 8.96. The van der Waals surface area contributed by atoms with Crippen LogP contribution in [0.2, 0.25) is 0 Å². The molecule has 0 rings (SSSR count). The third-order valence-corrected chi connectivity index (χ3v) is 1.68. The van der Waals surface area contributed by atoms with Crippen LogP contribution in [0.25, 0.3) is 0 Å². The summed E-state index contributed by atoms with van der Waals surface area (Å²) in [4.78, 5) is 11.2. The Kier molecular flexibility index (Phi) is 5.18. The SMILES string of the molecule is CC(C)OCCCC(=O)C(C)(C)O. The van der Waals surface area contributed by atoms with Gasteiger partial charge in [0.15, 0.2) is 5.78 Å². The van der Waals surface area contributed by atoms with E-state index in [9.17, 15) is 9.90 Å². The van der Waals surface area contributed by atoms with E-state index in [1.807, 2.05) is 13.8 Å². The minimum Gasteiger partial charge on any atom is -0.383 e. The van der Waals surface area contributed by atoms with E-state index in [2.05, 4.69) is 0 Å². The van der Waals surface area contributed by atoms with Gasteiger partial charge in [-0.25, -0.2) is 0 Å². The smallest absolute Gasteiger partial charge is 0.163 e. The molecule has 13 heavy (non-hydrogen) atoms. The highest BCUT2D eigenvalue weighted by Crippen LogP contribution is 2.07. The molecule has 0 heterocycles. The molecule has 0 bridgehead atoms. The van der Waals surface area contributed by atoms with Gasteiger partial charge in [-0.2, -0.15) is 0 Å². The lowest BCUT2D eigenvalue weighted by Crippen LogP contribution is -2.31. The van der Waals surface area contributed by atoms with Gasteiger partial charge in [-0.1, -0.05) is 0 Å². The molecule has 0 spiro atoms. The Morgan fingerprint density at radius 3 is 2.38 bits per heavy atom. The fourth-order valence-corrected chi connectivity index (χ4v) is 0.858. The normalized spacial score (nSPS) is 12.2. The van der Waals surface area contributed by atoms with Crippen molar-refractivity contribution in [2.75, 3.05) is 6.61 Å². The molecule has 0 aromatic heterocycles. The molecule has 0 atom stereocenters. The number of hydrogen-bond acceptors (Lipinski definition) is 3. The van der Waals surface area contributed by atoms with Gasteiger partial charge >= 0.3 is 0 Å². The van der Waals surface area contributed by atoms with Gasteiger partial charge in [0.1, 0.15) is 5.60 Å². The Balaban J connectivity index is 3.49. The van der Waals surface area contributed by atoms with Gasteiger partial charge in [-0.05, 0) is 34.1 Å². The van der Waals surface area contributed by atoms with E-state index in [0.717, 1.165) is 0 Å². The van der Waals surface area contributed by atoms with E-state index >= 15 is 0 Å². The molecule has 3 nitrogen and oxygen atoms in total. The molecule has 0 aromatic rings. The van der Waals surface area contributed by atoms with E-state index < -0.39 is 5.60 Å². The Morgan fingerprint density at radius 1 is 1.46 bits per heavy atom. The lowest BCUT2D eigenvalue weighted by atomic mass is 10.0. The first-order chi connectivity index (χ1) is 5.84. The summed E-state index contributed by atoms with van der Waals surface area (Å²) in [7, 11) is 0. The maximum atomic E-state index is 11.2. The molecule has 0 unspecified atom stereocenters. The van der Waals surface area contributed by atoms with Crippen molar-refractivity contribution in [3.05, 3.63) is 0 Å². The van der Waals surface area contributed by atoms with Crippen LogP contribution in [0.3, 0.4) is 0 Å². The van der Waals surface area contributed by atoms with Crippen LogP contribution in [0.15, 0.2) is 0 Å². The number of ether oxygens (including phenoxy) is 1. The van der Waals surface area contributed by atoms with Gasteiger partial charge in [-0.3, -0.25) is 4.79 Å². The second-order valence-corrected chi connectivity index (χ2v) is 4.01. The molecule has 1 N–H and O–H groups in total. The molecule has 0 aliphatic heterocycles. The van der Waals surface area contributed by atoms with Crippen LogP contribution in [0.5, 0.6) is 0 Å². The summed E-state index contributed by atoms with van der Waals surface area (Å²) in [6.07, 6.45) is 1.27. The van der Waals surface area contributed by atoms with Crippen LogP contribution < -0.4 is 0 Å².